The van der Waals surface area contributed by atoms with Gasteiger partial charge >= 0.3 is 0 Å². The summed E-state index contributed by atoms with van der Waals surface area (Å²) in [7, 11) is 0. The highest BCUT2D eigenvalue weighted by Gasteiger charge is 2.24. The van der Waals surface area contributed by atoms with Crippen molar-refractivity contribution in [3.63, 3.8) is 0 Å². The van der Waals surface area contributed by atoms with E-state index < -0.39 is 0 Å². The molecule has 0 spiro atoms. The molecule has 4 nitrogen and oxygen atoms in total. The third-order valence-corrected chi connectivity index (χ3v) is 5.87. The molecule has 0 aliphatic heterocycles. The third kappa shape index (κ3) is 2.59. The van der Waals surface area contributed by atoms with Crippen molar-refractivity contribution in [2.45, 2.75) is 5.92 Å². The van der Waals surface area contributed by atoms with Crippen molar-refractivity contribution in [1.29, 1.82) is 0 Å². The summed E-state index contributed by atoms with van der Waals surface area (Å²) in [5.74, 6) is -0.426. The van der Waals surface area contributed by atoms with E-state index in [0.717, 1.165) is 38.5 Å². The summed E-state index contributed by atoms with van der Waals surface area (Å²) in [4.78, 5) is 6.71. The number of aromatic hydroxyl groups is 2. The van der Waals surface area contributed by atoms with Crippen molar-refractivity contribution in [2.75, 3.05) is 0 Å². The second-order valence-corrected chi connectivity index (χ2v) is 7.74. The number of hydrogen-bond donors (Lipinski definition) is 4. The smallest absolute Gasteiger partial charge is 0.171 e. The van der Waals surface area contributed by atoms with Gasteiger partial charge in [-0.25, -0.2) is 0 Å². The molecule has 0 bridgehead atoms. The molecule has 0 amide bonds. The van der Waals surface area contributed by atoms with Crippen LogP contribution < -0.4 is 0 Å². The standard InChI is InChI=1S/C23H17BrN2O2/c24-18-9-13(10-21(27)23(18)28)22(16-11-25-19-7-3-1-5-14(16)19)17-12-26-20-8-4-2-6-15(17)20/h1-12,22,25-28H. The molecule has 0 aliphatic carbocycles. The number of aromatic nitrogens is 2. The quantitative estimate of drug-likeness (QED) is 0.264. The van der Waals surface area contributed by atoms with Crippen LogP contribution in [-0.2, 0) is 0 Å². The minimum absolute atomic E-state index is 0.130. The number of rotatable bonds is 3. The summed E-state index contributed by atoms with van der Waals surface area (Å²) in [6, 6.07) is 19.9. The van der Waals surface area contributed by atoms with E-state index in [9.17, 15) is 10.2 Å². The molecule has 0 saturated carbocycles. The molecule has 0 fully saturated rings. The van der Waals surface area contributed by atoms with Crippen LogP contribution >= 0.6 is 15.9 Å². The minimum atomic E-state index is -0.152. The maximum Gasteiger partial charge on any atom is 0.171 e. The largest absolute Gasteiger partial charge is 0.504 e. The van der Waals surface area contributed by atoms with E-state index in [0.29, 0.717) is 4.47 Å². The van der Waals surface area contributed by atoms with Gasteiger partial charge < -0.3 is 20.2 Å². The first-order valence-electron chi connectivity index (χ1n) is 8.97. The topological polar surface area (TPSA) is 72.0 Å². The summed E-state index contributed by atoms with van der Waals surface area (Å²) in [6.45, 7) is 0. The minimum Gasteiger partial charge on any atom is -0.504 e. The van der Waals surface area contributed by atoms with Gasteiger partial charge in [-0.05, 0) is 56.9 Å². The monoisotopic (exact) mass is 432 g/mol. The number of aromatic amines is 2. The maximum atomic E-state index is 10.3. The Bertz CT molecular complexity index is 1220. The molecule has 138 valence electrons. The lowest BCUT2D eigenvalue weighted by Gasteiger charge is -2.18. The van der Waals surface area contributed by atoms with Crippen molar-refractivity contribution < 1.29 is 10.2 Å². The first kappa shape index (κ1) is 17.0. The number of fused-ring (bicyclic) bond motifs is 2. The Kier molecular flexibility index (Phi) is 3.91. The van der Waals surface area contributed by atoms with Crippen LogP contribution in [0.5, 0.6) is 11.5 Å². The number of nitrogens with one attached hydrogen (secondary N) is 2. The van der Waals surface area contributed by atoms with Crippen LogP contribution in [0.1, 0.15) is 22.6 Å². The average molecular weight is 433 g/mol. The zero-order chi connectivity index (χ0) is 19.3. The molecule has 0 radical (unpaired) electrons. The summed E-state index contributed by atoms with van der Waals surface area (Å²) >= 11 is 3.37. The Morgan fingerprint density at radius 3 is 1.82 bits per heavy atom. The van der Waals surface area contributed by atoms with Gasteiger partial charge in [0.1, 0.15) is 0 Å². The molecular formula is C23H17BrN2O2. The number of phenols is 2. The average Bonchev–Trinajstić information content (AvgIpc) is 3.32. The molecule has 2 heterocycles. The van der Waals surface area contributed by atoms with Crippen LogP contribution in [-0.4, -0.2) is 20.2 Å². The van der Waals surface area contributed by atoms with Crippen LogP contribution in [0.2, 0.25) is 0 Å². The Balaban J connectivity index is 1.82. The Morgan fingerprint density at radius 1 is 0.750 bits per heavy atom. The first-order valence-corrected chi connectivity index (χ1v) is 9.76. The lowest BCUT2D eigenvalue weighted by molar-refractivity contribution is 0.401. The molecular weight excluding hydrogens is 416 g/mol. The molecule has 3 aromatic carbocycles. The molecule has 0 atom stereocenters. The zero-order valence-corrected chi connectivity index (χ0v) is 16.4. The highest BCUT2D eigenvalue weighted by molar-refractivity contribution is 9.10. The van der Waals surface area contributed by atoms with Crippen molar-refractivity contribution >= 4 is 37.7 Å². The van der Waals surface area contributed by atoms with Gasteiger partial charge in [0.05, 0.1) is 4.47 Å². The van der Waals surface area contributed by atoms with Crippen LogP contribution in [0.4, 0.5) is 0 Å². The normalized spacial score (nSPS) is 11.6. The van der Waals surface area contributed by atoms with E-state index in [-0.39, 0.29) is 17.4 Å². The molecule has 5 aromatic rings. The number of halogens is 1. The van der Waals surface area contributed by atoms with Crippen molar-refractivity contribution in [3.05, 3.63) is 94.2 Å². The van der Waals surface area contributed by atoms with Crippen molar-refractivity contribution in [1.82, 2.24) is 9.97 Å². The summed E-state index contributed by atoms with van der Waals surface area (Å²) in [5, 5.41) is 22.5. The van der Waals surface area contributed by atoms with Gasteiger partial charge in [-0.2, -0.15) is 0 Å². The van der Waals surface area contributed by atoms with E-state index in [1.54, 1.807) is 6.07 Å². The van der Waals surface area contributed by atoms with E-state index in [1.165, 1.54) is 0 Å². The maximum absolute atomic E-state index is 10.3. The second kappa shape index (κ2) is 6.46. The summed E-state index contributed by atoms with van der Waals surface area (Å²) < 4.78 is 0.465. The highest BCUT2D eigenvalue weighted by atomic mass is 79.9. The molecule has 4 N–H and O–H groups in total. The fourth-order valence-electron chi connectivity index (χ4n) is 3.96. The van der Waals surface area contributed by atoms with Gasteiger partial charge in [-0.15, -0.1) is 0 Å². The Labute approximate surface area is 169 Å². The molecule has 0 unspecified atom stereocenters. The van der Waals surface area contributed by atoms with E-state index >= 15 is 0 Å². The van der Waals surface area contributed by atoms with Crippen LogP contribution in [0, 0.1) is 0 Å². The van der Waals surface area contributed by atoms with E-state index in [1.807, 2.05) is 42.7 Å². The van der Waals surface area contributed by atoms with E-state index in [2.05, 4.69) is 50.2 Å². The van der Waals surface area contributed by atoms with Gasteiger partial charge in [0.25, 0.3) is 0 Å². The fourth-order valence-corrected chi connectivity index (χ4v) is 4.43. The molecule has 0 aliphatic rings. The number of phenolic OH excluding ortho intramolecular Hbond substituents is 2. The molecule has 2 aromatic heterocycles. The van der Waals surface area contributed by atoms with Crippen LogP contribution in [0.25, 0.3) is 21.8 Å². The Morgan fingerprint density at radius 2 is 1.29 bits per heavy atom. The van der Waals surface area contributed by atoms with Gasteiger partial charge in [0.2, 0.25) is 0 Å². The predicted octanol–water partition coefficient (Wildman–Crippen LogP) is 6.00. The molecule has 5 heteroatoms. The molecule has 0 saturated heterocycles. The van der Waals surface area contributed by atoms with Crippen LogP contribution in [0.3, 0.4) is 0 Å². The summed E-state index contributed by atoms with van der Waals surface area (Å²) in [6.07, 6.45) is 4.05. The van der Waals surface area contributed by atoms with Gasteiger partial charge in [0.15, 0.2) is 11.5 Å². The fraction of sp³-hybridized carbons (Fsp3) is 0.0435. The van der Waals surface area contributed by atoms with Gasteiger partial charge in [-0.3, -0.25) is 0 Å². The van der Waals surface area contributed by atoms with Crippen molar-refractivity contribution in [3.8, 4) is 11.5 Å². The third-order valence-electron chi connectivity index (χ3n) is 5.26. The number of hydrogen-bond acceptors (Lipinski definition) is 2. The lowest BCUT2D eigenvalue weighted by Crippen LogP contribution is -2.02. The number of H-pyrrole nitrogens is 2. The zero-order valence-electron chi connectivity index (χ0n) is 14.8. The van der Waals surface area contributed by atoms with Crippen molar-refractivity contribution in [2.24, 2.45) is 0 Å². The second-order valence-electron chi connectivity index (χ2n) is 6.88. The predicted molar refractivity (Wildman–Crippen MR) is 115 cm³/mol. The molecule has 28 heavy (non-hydrogen) atoms. The lowest BCUT2D eigenvalue weighted by atomic mass is 9.84. The highest BCUT2D eigenvalue weighted by Crippen LogP contribution is 2.43. The van der Waals surface area contributed by atoms with E-state index in [4.69, 9.17) is 0 Å². The Hall–Kier alpha value is -3.18. The number of benzene rings is 3. The first-order chi connectivity index (χ1) is 13.6. The number of para-hydroxylation sites is 2. The SMILES string of the molecule is Oc1cc(C(c2c[nH]c3ccccc23)c2c[nH]c3ccccc23)cc(Br)c1O. The summed E-state index contributed by atoms with van der Waals surface area (Å²) in [5.41, 5.74) is 5.22. The van der Waals surface area contributed by atoms with Gasteiger partial charge in [-0.1, -0.05) is 36.4 Å². The van der Waals surface area contributed by atoms with Crippen LogP contribution in [0.15, 0.2) is 77.5 Å². The molecule has 5 rings (SSSR count). The van der Waals surface area contributed by atoms with Gasteiger partial charge in [0, 0.05) is 40.1 Å².